The van der Waals surface area contributed by atoms with Crippen molar-refractivity contribution in [2.24, 2.45) is 0 Å². The highest BCUT2D eigenvalue weighted by Gasteiger charge is 2.27. The van der Waals surface area contributed by atoms with Crippen LogP contribution in [0.1, 0.15) is 30.9 Å². The summed E-state index contributed by atoms with van der Waals surface area (Å²) >= 11 is 0. The van der Waals surface area contributed by atoms with Crippen LogP contribution in [0.25, 0.3) is 0 Å². The molecule has 0 radical (unpaired) electrons. The standard InChI is InChI=1S/C18H30O7/c1-7-12(19)14(21)13(20)9-8-11-10(2)15(22-3)17(24-5)18(25-6)16(11)23-4/h12-14,19-21H,7-9H2,1-6H3/t12?,13-,14?/m0/s1. The highest BCUT2D eigenvalue weighted by atomic mass is 16.5. The quantitative estimate of drug-likeness (QED) is 0.582. The third-order valence-corrected chi connectivity index (χ3v) is 4.40. The van der Waals surface area contributed by atoms with Crippen molar-refractivity contribution < 1.29 is 34.3 Å². The van der Waals surface area contributed by atoms with Crippen LogP contribution >= 0.6 is 0 Å². The highest BCUT2D eigenvalue weighted by molar-refractivity contribution is 5.66. The first-order valence-corrected chi connectivity index (χ1v) is 8.27. The second kappa shape index (κ2) is 9.70. The van der Waals surface area contributed by atoms with Gasteiger partial charge in [0, 0.05) is 11.1 Å². The number of methoxy groups -OCH3 is 4. The highest BCUT2D eigenvalue weighted by Crippen LogP contribution is 2.49. The van der Waals surface area contributed by atoms with Gasteiger partial charge in [-0.2, -0.15) is 0 Å². The first-order valence-electron chi connectivity index (χ1n) is 8.27. The van der Waals surface area contributed by atoms with Crippen molar-refractivity contribution in [2.75, 3.05) is 28.4 Å². The summed E-state index contributed by atoms with van der Waals surface area (Å²) in [6.07, 6.45) is -2.20. The van der Waals surface area contributed by atoms with Gasteiger partial charge in [-0.1, -0.05) is 6.92 Å². The molecular formula is C18H30O7. The number of rotatable bonds is 10. The summed E-state index contributed by atoms with van der Waals surface area (Å²) < 4.78 is 21.8. The van der Waals surface area contributed by atoms with Gasteiger partial charge < -0.3 is 34.3 Å². The lowest BCUT2D eigenvalue weighted by molar-refractivity contribution is -0.0621. The Morgan fingerprint density at radius 2 is 1.24 bits per heavy atom. The van der Waals surface area contributed by atoms with E-state index in [2.05, 4.69) is 0 Å². The average molecular weight is 358 g/mol. The molecule has 7 heteroatoms. The molecule has 0 bridgehead atoms. The molecule has 3 atom stereocenters. The molecule has 2 unspecified atom stereocenters. The van der Waals surface area contributed by atoms with Crippen LogP contribution in [-0.4, -0.2) is 62.1 Å². The Hall–Kier alpha value is -1.70. The first kappa shape index (κ1) is 21.3. The van der Waals surface area contributed by atoms with E-state index in [1.54, 1.807) is 6.92 Å². The summed E-state index contributed by atoms with van der Waals surface area (Å²) in [5.74, 6) is 1.87. The second-order valence-corrected chi connectivity index (χ2v) is 5.81. The number of ether oxygens (including phenoxy) is 4. The third kappa shape index (κ3) is 4.48. The number of aliphatic hydroxyl groups is 3. The molecule has 0 aromatic heterocycles. The molecule has 25 heavy (non-hydrogen) atoms. The van der Waals surface area contributed by atoms with Crippen molar-refractivity contribution >= 4 is 0 Å². The Balaban J connectivity index is 3.22. The molecule has 0 aliphatic heterocycles. The van der Waals surface area contributed by atoms with E-state index < -0.39 is 18.3 Å². The van der Waals surface area contributed by atoms with Crippen LogP contribution in [-0.2, 0) is 6.42 Å². The van der Waals surface area contributed by atoms with Crippen molar-refractivity contribution in [3.8, 4) is 23.0 Å². The Morgan fingerprint density at radius 1 is 0.760 bits per heavy atom. The second-order valence-electron chi connectivity index (χ2n) is 5.81. The van der Waals surface area contributed by atoms with E-state index in [1.807, 2.05) is 6.92 Å². The van der Waals surface area contributed by atoms with Crippen LogP contribution in [0.5, 0.6) is 23.0 Å². The first-order chi connectivity index (χ1) is 11.9. The van der Waals surface area contributed by atoms with Gasteiger partial charge in [-0.05, 0) is 26.2 Å². The van der Waals surface area contributed by atoms with Gasteiger partial charge in [0.25, 0.3) is 0 Å². The molecule has 0 spiro atoms. The Morgan fingerprint density at radius 3 is 1.68 bits per heavy atom. The maximum atomic E-state index is 10.2. The lowest BCUT2D eigenvalue weighted by Gasteiger charge is -2.24. The molecule has 1 rings (SSSR count). The zero-order valence-corrected chi connectivity index (χ0v) is 15.8. The zero-order valence-electron chi connectivity index (χ0n) is 15.8. The summed E-state index contributed by atoms with van der Waals surface area (Å²) in [5, 5.41) is 29.8. The summed E-state index contributed by atoms with van der Waals surface area (Å²) in [6, 6.07) is 0. The molecule has 0 saturated heterocycles. The lowest BCUT2D eigenvalue weighted by atomic mass is 9.95. The molecule has 3 N–H and O–H groups in total. The van der Waals surface area contributed by atoms with E-state index in [0.29, 0.717) is 35.8 Å². The van der Waals surface area contributed by atoms with Crippen molar-refractivity contribution in [2.45, 2.75) is 51.4 Å². The van der Waals surface area contributed by atoms with Gasteiger partial charge >= 0.3 is 0 Å². The Kier molecular flexibility index (Phi) is 8.28. The molecule has 0 aliphatic carbocycles. The zero-order chi connectivity index (χ0) is 19.1. The van der Waals surface area contributed by atoms with Crippen LogP contribution < -0.4 is 18.9 Å². The van der Waals surface area contributed by atoms with E-state index >= 15 is 0 Å². The predicted molar refractivity (Wildman–Crippen MR) is 94.0 cm³/mol. The number of aliphatic hydroxyl groups excluding tert-OH is 3. The largest absolute Gasteiger partial charge is 0.492 e. The topological polar surface area (TPSA) is 97.6 Å². The summed E-state index contributed by atoms with van der Waals surface area (Å²) in [6.45, 7) is 3.61. The van der Waals surface area contributed by atoms with Crippen LogP contribution in [0.3, 0.4) is 0 Å². The van der Waals surface area contributed by atoms with Crippen LogP contribution in [0.2, 0.25) is 0 Å². The molecule has 7 nitrogen and oxygen atoms in total. The average Bonchev–Trinajstić information content (AvgIpc) is 2.63. The summed E-state index contributed by atoms with van der Waals surface area (Å²) in [5.41, 5.74) is 1.59. The van der Waals surface area contributed by atoms with Crippen molar-refractivity contribution in [3.05, 3.63) is 11.1 Å². The van der Waals surface area contributed by atoms with Crippen molar-refractivity contribution in [1.82, 2.24) is 0 Å². The molecule has 1 aromatic carbocycles. The maximum absolute atomic E-state index is 10.2. The molecular weight excluding hydrogens is 328 g/mol. The van der Waals surface area contributed by atoms with Crippen LogP contribution in [0.4, 0.5) is 0 Å². The minimum absolute atomic E-state index is 0.244. The van der Waals surface area contributed by atoms with Crippen LogP contribution in [0, 0.1) is 6.92 Å². The normalized spacial score (nSPS) is 14.6. The Labute approximate surface area is 149 Å². The smallest absolute Gasteiger partial charge is 0.207 e. The monoisotopic (exact) mass is 358 g/mol. The summed E-state index contributed by atoms with van der Waals surface area (Å²) in [7, 11) is 6.09. The number of benzene rings is 1. The number of hydrogen-bond donors (Lipinski definition) is 3. The fourth-order valence-corrected chi connectivity index (χ4v) is 2.92. The fraction of sp³-hybridized carbons (Fsp3) is 0.667. The molecule has 0 amide bonds. The maximum Gasteiger partial charge on any atom is 0.207 e. The number of hydrogen-bond acceptors (Lipinski definition) is 7. The molecule has 0 heterocycles. The SMILES string of the molecule is CCC(O)C(O)[C@@H](O)CCc1c(C)c(OC)c(OC)c(OC)c1OC. The van der Waals surface area contributed by atoms with E-state index in [0.717, 1.165) is 11.1 Å². The van der Waals surface area contributed by atoms with Crippen LogP contribution in [0.15, 0.2) is 0 Å². The van der Waals surface area contributed by atoms with Gasteiger partial charge in [0.15, 0.2) is 11.5 Å². The minimum Gasteiger partial charge on any atom is -0.492 e. The third-order valence-electron chi connectivity index (χ3n) is 4.40. The van der Waals surface area contributed by atoms with Crippen molar-refractivity contribution in [1.29, 1.82) is 0 Å². The van der Waals surface area contributed by atoms with Gasteiger partial charge in [-0.15, -0.1) is 0 Å². The molecule has 1 aromatic rings. The lowest BCUT2D eigenvalue weighted by Crippen LogP contribution is -2.37. The fourth-order valence-electron chi connectivity index (χ4n) is 2.92. The van der Waals surface area contributed by atoms with Gasteiger partial charge in [0.2, 0.25) is 11.5 Å². The molecule has 0 saturated carbocycles. The van der Waals surface area contributed by atoms with Gasteiger partial charge in [0.05, 0.1) is 40.6 Å². The van der Waals surface area contributed by atoms with E-state index in [9.17, 15) is 15.3 Å². The van der Waals surface area contributed by atoms with E-state index in [-0.39, 0.29) is 6.42 Å². The Bertz CT molecular complexity index is 559. The van der Waals surface area contributed by atoms with Crippen molar-refractivity contribution in [3.63, 3.8) is 0 Å². The van der Waals surface area contributed by atoms with Gasteiger partial charge in [-0.25, -0.2) is 0 Å². The molecule has 0 aliphatic rings. The summed E-state index contributed by atoms with van der Waals surface area (Å²) in [4.78, 5) is 0. The molecule has 144 valence electrons. The van der Waals surface area contributed by atoms with E-state index in [1.165, 1.54) is 28.4 Å². The van der Waals surface area contributed by atoms with Gasteiger partial charge in [0.1, 0.15) is 6.10 Å². The van der Waals surface area contributed by atoms with Gasteiger partial charge in [-0.3, -0.25) is 0 Å². The van der Waals surface area contributed by atoms with E-state index in [4.69, 9.17) is 18.9 Å². The predicted octanol–water partition coefficient (Wildman–Crippen LogP) is 1.45. The molecule has 0 fully saturated rings. The minimum atomic E-state index is -1.20.